The maximum absolute atomic E-state index is 12.8. The lowest BCUT2D eigenvalue weighted by Crippen LogP contribution is -2.17. The van der Waals surface area contributed by atoms with Gasteiger partial charge in [0.15, 0.2) is 17.1 Å². The summed E-state index contributed by atoms with van der Waals surface area (Å²) in [5.41, 5.74) is 3.20. The van der Waals surface area contributed by atoms with E-state index >= 15 is 0 Å². The fourth-order valence-corrected chi connectivity index (χ4v) is 4.38. The highest BCUT2D eigenvalue weighted by Gasteiger charge is 2.20. The normalized spacial score (nSPS) is 11.6. The first-order chi connectivity index (χ1) is 16.5. The molecular weight excluding hydrogens is 448 g/mol. The highest BCUT2D eigenvalue weighted by molar-refractivity contribution is 7.99. The third kappa shape index (κ3) is 6.20. The van der Waals surface area contributed by atoms with Crippen LogP contribution in [0.5, 0.6) is 11.5 Å². The van der Waals surface area contributed by atoms with Crippen LogP contribution in [0.3, 0.4) is 0 Å². The lowest BCUT2D eigenvalue weighted by molar-refractivity contribution is -0.113. The van der Waals surface area contributed by atoms with E-state index < -0.39 is 0 Å². The van der Waals surface area contributed by atoms with E-state index in [1.54, 1.807) is 13.2 Å². The molecule has 3 aromatic rings. The zero-order valence-electron chi connectivity index (χ0n) is 20.2. The summed E-state index contributed by atoms with van der Waals surface area (Å²) in [7, 11) is 1.63. The molecule has 2 aromatic carbocycles. The van der Waals surface area contributed by atoms with Gasteiger partial charge >= 0.3 is 0 Å². The monoisotopic (exact) mass is 480 g/mol. The molecule has 8 heteroatoms. The van der Waals surface area contributed by atoms with Gasteiger partial charge in [-0.2, -0.15) is 0 Å². The molecule has 0 aliphatic carbocycles. The molecule has 3 rings (SSSR count). The number of aryl methyl sites for hydroxylation is 2. The third-order valence-corrected chi connectivity index (χ3v) is 6.36. The van der Waals surface area contributed by atoms with Gasteiger partial charge in [-0.15, -0.1) is 16.8 Å². The number of rotatable bonds is 12. The van der Waals surface area contributed by atoms with E-state index in [-0.39, 0.29) is 17.8 Å². The van der Waals surface area contributed by atoms with E-state index in [9.17, 15) is 4.79 Å². The number of ether oxygens (including phenoxy) is 2. The van der Waals surface area contributed by atoms with Crippen molar-refractivity contribution in [1.82, 2.24) is 14.8 Å². The second kappa shape index (κ2) is 12.3. The summed E-state index contributed by atoms with van der Waals surface area (Å²) in [5.74, 6) is 2.29. The molecule has 0 saturated carbocycles. The SMILES string of the molecule is C=CCn1c(SCC(=O)Nc2c(CC)cccc2CC)nnc1C(C)Oc1ccc(OC)cc1. The largest absolute Gasteiger partial charge is 0.497 e. The van der Waals surface area contributed by atoms with Crippen molar-refractivity contribution in [3.05, 3.63) is 72.1 Å². The first-order valence-corrected chi connectivity index (χ1v) is 12.4. The molecule has 0 aliphatic heterocycles. The molecule has 0 aliphatic rings. The van der Waals surface area contributed by atoms with Crippen LogP contribution in [0.15, 0.2) is 60.3 Å². The van der Waals surface area contributed by atoms with Crippen LogP contribution in [0.25, 0.3) is 0 Å². The van der Waals surface area contributed by atoms with E-state index in [4.69, 9.17) is 9.47 Å². The minimum atomic E-state index is -0.340. The third-order valence-electron chi connectivity index (χ3n) is 5.39. The Morgan fingerprint density at radius 3 is 2.35 bits per heavy atom. The summed E-state index contributed by atoms with van der Waals surface area (Å²) < 4.78 is 13.2. The van der Waals surface area contributed by atoms with Crippen LogP contribution in [-0.4, -0.2) is 33.5 Å². The maximum Gasteiger partial charge on any atom is 0.234 e. The van der Waals surface area contributed by atoms with Crippen molar-refractivity contribution in [3.8, 4) is 11.5 Å². The van der Waals surface area contributed by atoms with Gasteiger partial charge in [0.05, 0.1) is 12.9 Å². The Morgan fingerprint density at radius 2 is 1.76 bits per heavy atom. The van der Waals surface area contributed by atoms with Crippen LogP contribution in [0.4, 0.5) is 5.69 Å². The Hall–Kier alpha value is -3.26. The minimum Gasteiger partial charge on any atom is -0.497 e. The van der Waals surface area contributed by atoms with E-state index in [0.29, 0.717) is 23.3 Å². The van der Waals surface area contributed by atoms with Gasteiger partial charge in [-0.25, -0.2) is 0 Å². The number of hydrogen-bond acceptors (Lipinski definition) is 6. The van der Waals surface area contributed by atoms with E-state index in [1.807, 2.05) is 41.8 Å². The summed E-state index contributed by atoms with van der Waals surface area (Å²) in [4.78, 5) is 12.8. The molecule has 1 aromatic heterocycles. The van der Waals surface area contributed by atoms with Gasteiger partial charge < -0.3 is 14.8 Å². The Morgan fingerprint density at radius 1 is 1.12 bits per heavy atom. The molecule has 0 radical (unpaired) electrons. The van der Waals surface area contributed by atoms with Gasteiger partial charge in [-0.3, -0.25) is 9.36 Å². The van der Waals surface area contributed by atoms with Crippen molar-refractivity contribution in [1.29, 1.82) is 0 Å². The standard InChI is InChI=1S/C26H32N4O3S/c1-6-16-30-25(18(4)33-22-14-12-21(32-5)13-15-22)28-29-26(30)34-17-23(31)27-24-19(7-2)10-9-11-20(24)8-3/h6,9-15,18H,1,7-8,16-17H2,2-5H3,(H,27,31). The Labute approximate surface area is 205 Å². The lowest BCUT2D eigenvalue weighted by Gasteiger charge is -2.16. The van der Waals surface area contributed by atoms with E-state index in [1.165, 1.54) is 11.8 Å². The number of carbonyl (C=O) groups is 1. The number of benzene rings is 2. The molecule has 0 bridgehead atoms. The van der Waals surface area contributed by atoms with Crippen molar-refractivity contribution in [2.45, 2.75) is 51.4 Å². The predicted octanol–water partition coefficient (Wildman–Crippen LogP) is 5.47. The zero-order valence-corrected chi connectivity index (χ0v) is 21.0. The highest BCUT2D eigenvalue weighted by Crippen LogP contribution is 2.27. The molecule has 1 amide bonds. The summed E-state index contributed by atoms with van der Waals surface area (Å²) in [6.07, 6.45) is 3.16. The van der Waals surface area contributed by atoms with Gasteiger partial charge in [0, 0.05) is 12.2 Å². The molecule has 34 heavy (non-hydrogen) atoms. The van der Waals surface area contributed by atoms with Gasteiger partial charge in [-0.1, -0.05) is 49.9 Å². The highest BCUT2D eigenvalue weighted by atomic mass is 32.2. The van der Waals surface area contributed by atoms with Crippen molar-refractivity contribution in [2.24, 2.45) is 0 Å². The van der Waals surface area contributed by atoms with Crippen LogP contribution in [-0.2, 0) is 24.2 Å². The van der Waals surface area contributed by atoms with Gasteiger partial charge in [-0.05, 0) is 55.2 Å². The van der Waals surface area contributed by atoms with Gasteiger partial charge in [0.25, 0.3) is 0 Å². The maximum atomic E-state index is 12.8. The molecule has 0 saturated heterocycles. The predicted molar refractivity (Wildman–Crippen MR) is 137 cm³/mol. The van der Waals surface area contributed by atoms with Crippen LogP contribution in [0, 0.1) is 0 Å². The average Bonchev–Trinajstić information content (AvgIpc) is 3.26. The van der Waals surface area contributed by atoms with Crippen molar-refractivity contribution < 1.29 is 14.3 Å². The number of allylic oxidation sites excluding steroid dienone is 1. The van der Waals surface area contributed by atoms with E-state index in [2.05, 4.69) is 48.1 Å². The van der Waals surface area contributed by atoms with Crippen LogP contribution in [0.2, 0.25) is 0 Å². The van der Waals surface area contributed by atoms with Gasteiger partial charge in [0.2, 0.25) is 5.91 Å². The summed E-state index contributed by atoms with van der Waals surface area (Å²) in [5, 5.41) is 12.4. The summed E-state index contributed by atoms with van der Waals surface area (Å²) in [6.45, 7) is 10.5. The molecule has 0 fully saturated rings. The molecular formula is C26H32N4O3S. The second-order valence-electron chi connectivity index (χ2n) is 7.67. The molecule has 1 N–H and O–H groups in total. The number of nitrogens with one attached hydrogen (secondary N) is 1. The number of amides is 1. The van der Waals surface area contributed by atoms with Crippen LogP contribution in [0.1, 0.15) is 43.8 Å². The molecule has 0 spiro atoms. The molecule has 1 atom stereocenters. The van der Waals surface area contributed by atoms with Crippen molar-refractivity contribution in [3.63, 3.8) is 0 Å². The molecule has 180 valence electrons. The topological polar surface area (TPSA) is 78.3 Å². The van der Waals surface area contributed by atoms with Crippen LogP contribution < -0.4 is 14.8 Å². The Balaban J connectivity index is 1.69. The number of hydrogen-bond donors (Lipinski definition) is 1. The summed E-state index contributed by atoms with van der Waals surface area (Å²) >= 11 is 1.35. The number of nitrogens with zero attached hydrogens (tertiary/aromatic N) is 3. The minimum absolute atomic E-state index is 0.0714. The number of para-hydroxylation sites is 1. The number of thioether (sulfide) groups is 1. The first kappa shape index (κ1) is 25.4. The number of aromatic nitrogens is 3. The van der Waals surface area contributed by atoms with Crippen molar-refractivity contribution in [2.75, 3.05) is 18.2 Å². The number of carbonyl (C=O) groups excluding carboxylic acids is 1. The summed E-state index contributed by atoms with van der Waals surface area (Å²) in [6, 6.07) is 13.5. The van der Waals surface area contributed by atoms with Gasteiger partial charge in [0.1, 0.15) is 11.5 Å². The molecule has 1 unspecified atom stereocenters. The molecule has 1 heterocycles. The first-order valence-electron chi connectivity index (χ1n) is 11.4. The lowest BCUT2D eigenvalue weighted by atomic mass is 10.0. The fourth-order valence-electron chi connectivity index (χ4n) is 3.63. The number of methoxy groups -OCH3 is 1. The zero-order chi connectivity index (χ0) is 24.5. The smallest absolute Gasteiger partial charge is 0.234 e. The molecule has 7 nitrogen and oxygen atoms in total. The van der Waals surface area contributed by atoms with Crippen molar-refractivity contribution >= 4 is 23.4 Å². The average molecular weight is 481 g/mol. The Bertz CT molecular complexity index is 1090. The second-order valence-corrected chi connectivity index (χ2v) is 8.61. The van der Waals surface area contributed by atoms with Crippen LogP contribution >= 0.6 is 11.8 Å². The fraction of sp³-hybridized carbons (Fsp3) is 0.346. The Kier molecular flexibility index (Phi) is 9.16. The van der Waals surface area contributed by atoms with E-state index in [0.717, 1.165) is 35.4 Å². The quantitative estimate of drug-likeness (QED) is 0.274. The number of anilines is 1.